The van der Waals surface area contributed by atoms with Crippen LogP contribution in [0.1, 0.15) is 27.6 Å². The molecule has 0 spiro atoms. The number of aryl methyl sites for hydroxylation is 2. The molecule has 0 aliphatic carbocycles. The number of halogens is 2. The monoisotopic (exact) mass is 387 g/mol. The lowest BCUT2D eigenvalue weighted by atomic mass is 9.98. The Morgan fingerprint density at radius 2 is 1.83 bits per heavy atom. The van der Waals surface area contributed by atoms with Gasteiger partial charge in [-0.25, -0.2) is 0 Å². The van der Waals surface area contributed by atoms with E-state index < -0.39 is 0 Å². The van der Waals surface area contributed by atoms with Gasteiger partial charge in [0.2, 0.25) is 0 Å². The summed E-state index contributed by atoms with van der Waals surface area (Å²) in [6.07, 6.45) is 0. The summed E-state index contributed by atoms with van der Waals surface area (Å²) in [4.78, 5) is 1.35. The Hall–Kier alpha value is -0.160. The van der Waals surface area contributed by atoms with E-state index in [1.54, 1.807) is 11.3 Å². The Bertz CT molecular complexity index is 543. The van der Waals surface area contributed by atoms with E-state index in [2.05, 4.69) is 75.3 Å². The van der Waals surface area contributed by atoms with Gasteiger partial charge in [0.1, 0.15) is 0 Å². The van der Waals surface area contributed by atoms with Crippen LogP contribution < -0.4 is 5.32 Å². The highest BCUT2D eigenvalue weighted by atomic mass is 79.9. The Labute approximate surface area is 129 Å². The molecule has 1 aromatic carbocycles. The summed E-state index contributed by atoms with van der Waals surface area (Å²) in [6.45, 7) is 4.29. The topological polar surface area (TPSA) is 12.0 Å². The lowest BCUT2D eigenvalue weighted by molar-refractivity contribution is 0.690. The Morgan fingerprint density at radius 3 is 2.33 bits per heavy atom. The van der Waals surface area contributed by atoms with Gasteiger partial charge in [0.05, 0.1) is 9.83 Å². The Morgan fingerprint density at radius 1 is 1.11 bits per heavy atom. The van der Waals surface area contributed by atoms with Gasteiger partial charge in [-0.1, -0.05) is 22.0 Å². The molecule has 0 aliphatic heterocycles. The van der Waals surface area contributed by atoms with Crippen LogP contribution in [-0.4, -0.2) is 7.05 Å². The number of benzene rings is 1. The minimum Gasteiger partial charge on any atom is -0.309 e. The second-order valence-corrected chi connectivity index (χ2v) is 7.90. The van der Waals surface area contributed by atoms with Gasteiger partial charge in [-0.05, 0) is 71.7 Å². The average molecular weight is 389 g/mol. The zero-order valence-electron chi connectivity index (χ0n) is 10.6. The van der Waals surface area contributed by atoms with Gasteiger partial charge in [0.15, 0.2) is 0 Å². The standard InChI is InChI=1S/C14H15Br2NS/c1-8-4-10(6-11(15)5-8)14(17-3)12-7-13(16)18-9(12)2/h4-7,14,17H,1-3H3. The summed E-state index contributed by atoms with van der Waals surface area (Å²) >= 11 is 8.92. The first-order valence-corrected chi connectivity index (χ1v) is 8.11. The van der Waals surface area contributed by atoms with Gasteiger partial charge in [-0.3, -0.25) is 0 Å². The highest BCUT2D eigenvalue weighted by Crippen LogP contribution is 2.34. The van der Waals surface area contributed by atoms with Crippen molar-refractivity contribution in [2.75, 3.05) is 7.05 Å². The summed E-state index contributed by atoms with van der Waals surface area (Å²) in [5.41, 5.74) is 3.90. The average Bonchev–Trinajstić information content (AvgIpc) is 2.58. The van der Waals surface area contributed by atoms with Crippen molar-refractivity contribution in [2.24, 2.45) is 0 Å². The smallest absolute Gasteiger partial charge is 0.0704 e. The maximum atomic E-state index is 3.57. The highest BCUT2D eigenvalue weighted by Gasteiger charge is 2.17. The molecular formula is C14H15Br2NS. The molecule has 0 radical (unpaired) electrons. The fourth-order valence-corrected chi connectivity index (χ4v) is 4.55. The number of nitrogens with one attached hydrogen (secondary N) is 1. The van der Waals surface area contributed by atoms with Crippen LogP contribution in [0.2, 0.25) is 0 Å². The van der Waals surface area contributed by atoms with E-state index in [0.29, 0.717) is 0 Å². The zero-order valence-corrected chi connectivity index (χ0v) is 14.5. The van der Waals surface area contributed by atoms with E-state index >= 15 is 0 Å². The van der Waals surface area contributed by atoms with Gasteiger partial charge >= 0.3 is 0 Å². The molecule has 0 bridgehead atoms. The van der Waals surface area contributed by atoms with Crippen molar-refractivity contribution in [1.29, 1.82) is 0 Å². The largest absolute Gasteiger partial charge is 0.309 e. The first-order chi connectivity index (χ1) is 8.51. The SMILES string of the molecule is CNC(c1cc(C)cc(Br)c1)c1cc(Br)sc1C. The molecule has 0 saturated carbocycles. The van der Waals surface area contributed by atoms with E-state index in [4.69, 9.17) is 0 Å². The van der Waals surface area contributed by atoms with Crippen LogP contribution in [0.15, 0.2) is 32.5 Å². The lowest BCUT2D eigenvalue weighted by Crippen LogP contribution is -2.18. The normalized spacial score (nSPS) is 12.7. The van der Waals surface area contributed by atoms with Crippen LogP contribution in [0.4, 0.5) is 0 Å². The second kappa shape index (κ2) is 5.87. The molecule has 2 aromatic rings. The molecule has 0 aliphatic rings. The van der Waals surface area contributed by atoms with Gasteiger partial charge in [0.25, 0.3) is 0 Å². The van der Waals surface area contributed by atoms with E-state index in [1.807, 2.05) is 7.05 Å². The zero-order chi connectivity index (χ0) is 13.3. The summed E-state index contributed by atoms with van der Waals surface area (Å²) in [5, 5.41) is 3.41. The molecule has 2 rings (SSSR count). The van der Waals surface area contributed by atoms with Crippen LogP contribution in [0.5, 0.6) is 0 Å². The predicted octanol–water partition coefficient (Wildman–Crippen LogP) is 5.20. The number of rotatable bonds is 3. The van der Waals surface area contributed by atoms with Gasteiger partial charge in [-0.15, -0.1) is 11.3 Å². The summed E-state index contributed by atoms with van der Waals surface area (Å²) in [6, 6.07) is 8.99. The quantitative estimate of drug-likeness (QED) is 0.761. The van der Waals surface area contributed by atoms with Crippen LogP contribution in [-0.2, 0) is 0 Å². The van der Waals surface area contributed by atoms with Crippen LogP contribution >= 0.6 is 43.2 Å². The molecular weight excluding hydrogens is 374 g/mol. The van der Waals surface area contributed by atoms with Crippen molar-refractivity contribution in [1.82, 2.24) is 5.32 Å². The number of hydrogen-bond acceptors (Lipinski definition) is 2. The molecule has 4 heteroatoms. The van der Waals surface area contributed by atoms with E-state index in [1.165, 1.54) is 25.4 Å². The predicted molar refractivity (Wildman–Crippen MR) is 86.5 cm³/mol. The van der Waals surface area contributed by atoms with Crippen LogP contribution in [0.3, 0.4) is 0 Å². The van der Waals surface area contributed by atoms with Crippen molar-refractivity contribution in [3.05, 3.63) is 54.1 Å². The third-order valence-corrected chi connectivity index (χ3v) is 4.95. The first-order valence-electron chi connectivity index (χ1n) is 5.71. The van der Waals surface area contributed by atoms with Crippen LogP contribution in [0.25, 0.3) is 0 Å². The molecule has 1 aromatic heterocycles. The summed E-state index contributed by atoms with van der Waals surface area (Å²) in [7, 11) is 2.01. The van der Waals surface area contributed by atoms with Gasteiger partial charge in [-0.2, -0.15) is 0 Å². The third-order valence-electron chi connectivity index (χ3n) is 2.92. The number of thiophene rings is 1. The third kappa shape index (κ3) is 3.05. The summed E-state index contributed by atoms with van der Waals surface area (Å²) in [5.74, 6) is 0. The summed E-state index contributed by atoms with van der Waals surface area (Å²) < 4.78 is 2.31. The van der Waals surface area contributed by atoms with Crippen LogP contribution in [0, 0.1) is 13.8 Å². The molecule has 1 nitrogen and oxygen atoms in total. The number of hydrogen-bond donors (Lipinski definition) is 1. The van der Waals surface area contributed by atoms with E-state index in [-0.39, 0.29) is 6.04 Å². The first kappa shape index (κ1) is 14.3. The fourth-order valence-electron chi connectivity index (χ4n) is 2.18. The van der Waals surface area contributed by atoms with Gasteiger partial charge < -0.3 is 5.32 Å². The molecule has 0 saturated heterocycles. The lowest BCUT2D eigenvalue weighted by Gasteiger charge is -2.18. The maximum Gasteiger partial charge on any atom is 0.0704 e. The minimum atomic E-state index is 0.240. The van der Waals surface area contributed by atoms with Crippen molar-refractivity contribution in [3.8, 4) is 0 Å². The molecule has 0 amide bonds. The molecule has 1 unspecified atom stereocenters. The fraction of sp³-hybridized carbons (Fsp3) is 0.286. The van der Waals surface area contributed by atoms with Crippen molar-refractivity contribution >= 4 is 43.2 Å². The van der Waals surface area contributed by atoms with Crippen molar-refractivity contribution < 1.29 is 0 Å². The van der Waals surface area contributed by atoms with Crippen molar-refractivity contribution in [3.63, 3.8) is 0 Å². The molecule has 1 N–H and O–H groups in total. The van der Waals surface area contributed by atoms with E-state index in [9.17, 15) is 0 Å². The molecule has 1 atom stereocenters. The Kier molecular flexibility index (Phi) is 4.64. The Balaban J connectivity index is 2.48. The minimum absolute atomic E-state index is 0.240. The van der Waals surface area contributed by atoms with Crippen molar-refractivity contribution in [2.45, 2.75) is 19.9 Å². The second-order valence-electron chi connectivity index (χ2n) is 4.35. The highest BCUT2D eigenvalue weighted by molar-refractivity contribution is 9.11. The van der Waals surface area contributed by atoms with E-state index in [0.717, 1.165) is 4.47 Å². The maximum absolute atomic E-state index is 3.57. The molecule has 1 heterocycles. The molecule has 18 heavy (non-hydrogen) atoms. The molecule has 96 valence electrons. The van der Waals surface area contributed by atoms with Gasteiger partial charge in [0, 0.05) is 9.35 Å². The molecule has 0 fully saturated rings.